The number of fused-ring (bicyclic) bond motifs is 1. The van der Waals surface area contributed by atoms with Crippen molar-refractivity contribution in [2.75, 3.05) is 35.2 Å². The van der Waals surface area contributed by atoms with Crippen LogP contribution in [0.4, 0.5) is 27.8 Å². The third kappa shape index (κ3) is 6.48. The first kappa shape index (κ1) is 24.8. The lowest BCUT2D eigenvalue weighted by Crippen LogP contribution is -2.38. The Labute approximate surface area is 215 Å². The average molecular weight is 507 g/mol. The minimum Gasteiger partial charge on any atom is -0.447 e. The molecule has 2 fully saturated rings. The lowest BCUT2D eigenvalue weighted by molar-refractivity contribution is -0.115. The van der Waals surface area contributed by atoms with Gasteiger partial charge in [0.2, 0.25) is 5.91 Å². The highest BCUT2D eigenvalue weighted by Crippen LogP contribution is 2.33. The molecule has 11 nitrogen and oxygen atoms in total. The summed E-state index contributed by atoms with van der Waals surface area (Å²) in [4.78, 5) is 31.8. The molecule has 1 aromatic carbocycles. The molecular weight excluding hydrogens is 472 g/mol. The smallest absolute Gasteiger partial charge is 0.407 e. The number of aromatic amines is 1. The molecule has 0 spiro atoms. The van der Waals surface area contributed by atoms with E-state index in [-0.39, 0.29) is 31.1 Å². The first-order chi connectivity index (χ1) is 17.9. The van der Waals surface area contributed by atoms with E-state index >= 15 is 0 Å². The van der Waals surface area contributed by atoms with Gasteiger partial charge >= 0.3 is 6.09 Å². The molecule has 5 rings (SSSR count). The number of ether oxygens (including phenoxy) is 1. The van der Waals surface area contributed by atoms with Crippen LogP contribution in [0.2, 0.25) is 0 Å². The predicted octanol–water partition coefficient (Wildman–Crippen LogP) is 3.50. The summed E-state index contributed by atoms with van der Waals surface area (Å²) in [7, 11) is 0. The number of nitrogens with zero attached hydrogens (tertiary/aromatic N) is 3. The normalized spacial score (nSPS) is 17.3. The van der Waals surface area contributed by atoms with Crippen molar-refractivity contribution in [1.82, 2.24) is 25.8 Å². The van der Waals surface area contributed by atoms with Crippen LogP contribution in [0.25, 0.3) is 10.9 Å². The van der Waals surface area contributed by atoms with Gasteiger partial charge in [0.1, 0.15) is 12.4 Å². The molecule has 0 bridgehead atoms. The van der Waals surface area contributed by atoms with Gasteiger partial charge in [-0.05, 0) is 69.9 Å². The Hall–Kier alpha value is -3.86. The zero-order chi connectivity index (χ0) is 25.8. The van der Waals surface area contributed by atoms with Crippen LogP contribution in [0.3, 0.4) is 0 Å². The number of pyridine rings is 1. The van der Waals surface area contributed by atoms with Gasteiger partial charge in [-0.3, -0.25) is 9.89 Å². The Kier molecular flexibility index (Phi) is 7.40. The molecule has 3 heterocycles. The van der Waals surface area contributed by atoms with E-state index in [2.05, 4.69) is 36.4 Å². The van der Waals surface area contributed by atoms with Crippen molar-refractivity contribution in [3.8, 4) is 0 Å². The van der Waals surface area contributed by atoms with Crippen molar-refractivity contribution < 1.29 is 14.3 Å². The van der Waals surface area contributed by atoms with Gasteiger partial charge in [0.15, 0.2) is 5.82 Å². The Morgan fingerprint density at radius 2 is 2.05 bits per heavy atom. The number of carbonyl (C=O) groups is 2. The van der Waals surface area contributed by atoms with Crippen LogP contribution in [-0.4, -0.2) is 65.0 Å². The molecule has 37 heavy (non-hydrogen) atoms. The maximum Gasteiger partial charge on any atom is 0.407 e. The first-order valence-corrected chi connectivity index (χ1v) is 12.9. The van der Waals surface area contributed by atoms with Crippen LogP contribution in [0.1, 0.15) is 39.5 Å². The number of carbonyl (C=O) groups excluding carboxylic acids is 2. The molecule has 3 aromatic rings. The molecule has 196 valence electrons. The lowest BCUT2D eigenvalue weighted by Gasteiger charge is -2.28. The van der Waals surface area contributed by atoms with Crippen LogP contribution in [0.5, 0.6) is 0 Å². The van der Waals surface area contributed by atoms with Gasteiger partial charge in [-0.25, -0.2) is 9.78 Å². The number of nitrogens with one attached hydrogen (secondary N) is 5. The number of amides is 2. The predicted molar refractivity (Wildman–Crippen MR) is 143 cm³/mol. The van der Waals surface area contributed by atoms with E-state index in [1.807, 2.05) is 44.2 Å². The van der Waals surface area contributed by atoms with E-state index < -0.39 is 6.09 Å². The summed E-state index contributed by atoms with van der Waals surface area (Å²) in [5.41, 5.74) is 2.47. The minimum absolute atomic E-state index is 0.00365. The largest absolute Gasteiger partial charge is 0.447 e. The van der Waals surface area contributed by atoms with Crippen LogP contribution < -0.4 is 26.2 Å². The van der Waals surface area contributed by atoms with Crippen molar-refractivity contribution in [3.63, 3.8) is 0 Å². The summed E-state index contributed by atoms with van der Waals surface area (Å²) in [6.07, 6.45) is 5.38. The summed E-state index contributed by atoms with van der Waals surface area (Å²) in [6.45, 7) is 5.04. The number of anilines is 4. The fraction of sp³-hybridized carbons (Fsp3) is 0.462. The van der Waals surface area contributed by atoms with E-state index in [0.29, 0.717) is 23.4 Å². The van der Waals surface area contributed by atoms with Gasteiger partial charge < -0.3 is 30.9 Å². The highest BCUT2D eigenvalue weighted by atomic mass is 16.5. The number of aromatic nitrogens is 3. The Balaban J connectivity index is 1.35. The molecule has 5 N–H and O–H groups in total. The van der Waals surface area contributed by atoms with E-state index in [1.165, 1.54) is 0 Å². The van der Waals surface area contributed by atoms with Crippen LogP contribution >= 0.6 is 0 Å². The fourth-order valence-corrected chi connectivity index (χ4v) is 4.46. The van der Waals surface area contributed by atoms with E-state index in [9.17, 15) is 9.59 Å². The molecule has 1 atom stereocenters. The van der Waals surface area contributed by atoms with Crippen molar-refractivity contribution in [2.45, 2.75) is 57.7 Å². The summed E-state index contributed by atoms with van der Waals surface area (Å²) >= 11 is 0. The molecular formula is C26H34N8O3. The first-order valence-electron chi connectivity index (χ1n) is 12.9. The number of H-pyrrole nitrogens is 1. The SMILES string of the molecule is CC(C)NC(=O)OC[C@@H]1CCCN1c1nc(Nc2ccc3[nH]ncc3c2)ccc1NC(=O)CNC1CC1. The second kappa shape index (κ2) is 11.0. The zero-order valence-corrected chi connectivity index (χ0v) is 21.2. The molecule has 2 aromatic heterocycles. The van der Waals surface area contributed by atoms with Crippen LogP contribution in [0.15, 0.2) is 36.5 Å². The second-order valence-corrected chi connectivity index (χ2v) is 9.95. The summed E-state index contributed by atoms with van der Waals surface area (Å²) < 4.78 is 5.50. The highest BCUT2D eigenvalue weighted by molar-refractivity contribution is 5.95. The van der Waals surface area contributed by atoms with Crippen molar-refractivity contribution >= 4 is 45.9 Å². The Morgan fingerprint density at radius 3 is 2.86 bits per heavy atom. The maximum absolute atomic E-state index is 12.7. The van der Waals surface area contributed by atoms with Crippen molar-refractivity contribution in [1.29, 1.82) is 0 Å². The number of alkyl carbamates (subject to hydrolysis) is 1. The van der Waals surface area contributed by atoms with Gasteiger partial charge in [0, 0.05) is 29.7 Å². The zero-order valence-electron chi connectivity index (χ0n) is 21.2. The average Bonchev–Trinajstić information content (AvgIpc) is 3.38. The van der Waals surface area contributed by atoms with Crippen molar-refractivity contribution in [3.05, 3.63) is 36.5 Å². The number of rotatable bonds is 10. The van der Waals surface area contributed by atoms with Gasteiger partial charge in [-0.15, -0.1) is 0 Å². The Morgan fingerprint density at radius 1 is 1.19 bits per heavy atom. The van der Waals surface area contributed by atoms with E-state index in [1.54, 1.807) is 6.20 Å². The molecule has 1 saturated heterocycles. The van der Waals surface area contributed by atoms with Crippen LogP contribution in [-0.2, 0) is 9.53 Å². The summed E-state index contributed by atoms with van der Waals surface area (Å²) in [6, 6.07) is 10.1. The molecule has 1 aliphatic heterocycles. The summed E-state index contributed by atoms with van der Waals surface area (Å²) in [5.74, 6) is 1.20. The standard InChI is InChI=1S/C26H34N8O3/c1-16(2)29-26(36)37-15-20-4-3-11-34(20)25-22(31-24(35)14-27-18-5-6-18)9-10-23(32-25)30-19-7-8-21-17(12-19)13-28-33-21/h7-10,12-13,16,18,20,27H,3-6,11,14-15H2,1-2H3,(H,28,33)(H,29,36)(H,30,32)(H,31,35)/t20-/m0/s1. The molecule has 1 saturated carbocycles. The number of hydrogen-bond donors (Lipinski definition) is 5. The third-order valence-corrected chi connectivity index (χ3v) is 6.45. The van der Waals surface area contributed by atoms with Crippen molar-refractivity contribution in [2.24, 2.45) is 0 Å². The topological polar surface area (TPSA) is 136 Å². The molecule has 0 radical (unpaired) electrons. The van der Waals surface area contributed by atoms with Gasteiger partial charge in [-0.1, -0.05) is 0 Å². The fourth-order valence-electron chi connectivity index (χ4n) is 4.46. The number of benzene rings is 1. The quantitative estimate of drug-likeness (QED) is 0.282. The second-order valence-electron chi connectivity index (χ2n) is 9.95. The van der Waals surface area contributed by atoms with E-state index in [0.717, 1.165) is 48.8 Å². The van der Waals surface area contributed by atoms with Gasteiger partial charge in [0.25, 0.3) is 0 Å². The monoisotopic (exact) mass is 506 g/mol. The maximum atomic E-state index is 12.7. The molecule has 2 aliphatic rings. The van der Waals surface area contributed by atoms with Gasteiger partial charge in [-0.2, -0.15) is 5.10 Å². The Bertz CT molecular complexity index is 1260. The van der Waals surface area contributed by atoms with Gasteiger partial charge in [0.05, 0.1) is 30.0 Å². The third-order valence-electron chi connectivity index (χ3n) is 6.45. The molecule has 0 unspecified atom stereocenters. The molecule has 1 aliphatic carbocycles. The number of hydrogen-bond acceptors (Lipinski definition) is 8. The minimum atomic E-state index is -0.431. The molecule has 11 heteroatoms. The summed E-state index contributed by atoms with van der Waals surface area (Å²) in [5, 5.41) is 20.4. The lowest BCUT2D eigenvalue weighted by atomic mass is 10.2. The van der Waals surface area contributed by atoms with E-state index in [4.69, 9.17) is 9.72 Å². The highest BCUT2D eigenvalue weighted by Gasteiger charge is 2.30. The molecule has 2 amide bonds. The van der Waals surface area contributed by atoms with Crippen LogP contribution in [0, 0.1) is 0 Å².